The summed E-state index contributed by atoms with van der Waals surface area (Å²) in [5, 5.41) is 3.05. The first-order chi connectivity index (χ1) is 10.1. The molecule has 2 aromatic rings. The van der Waals surface area contributed by atoms with Crippen LogP contribution in [0.4, 0.5) is 4.39 Å². The summed E-state index contributed by atoms with van der Waals surface area (Å²) in [4.78, 5) is 16.6. The molecule has 0 saturated heterocycles. The molecule has 1 N–H and O–H groups in total. The van der Waals surface area contributed by atoms with Crippen molar-refractivity contribution in [1.29, 1.82) is 0 Å². The smallest absolute Gasteiger partial charge is 0.231 e. The number of nitrogens with zero attached hydrogens (tertiary/aromatic N) is 1. The van der Waals surface area contributed by atoms with Crippen LogP contribution in [0.3, 0.4) is 0 Å². The van der Waals surface area contributed by atoms with Gasteiger partial charge in [0.2, 0.25) is 5.91 Å². The fraction of sp³-hybridized carbons (Fsp3) is 0.294. The van der Waals surface area contributed by atoms with E-state index >= 15 is 0 Å². The van der Waals surface area contributed by atoms with E-state index in [-0.39, 0.29) is 17.8 Å². The van der Waals surface area contributed by atoms with Crippen LogP contribution in [0.5, 0.6) is 0 Å². The minimum Gasteiger partial charge on any atom is -0.349 e. The summed E-state index contributed by atoms with van der Waals surface area (Å²) >= 11 is 0. The Morgan fingerprint density at radius 1 is 1.19 bits per heavy atom. The van der Waals surface area contributed by atoms with Gasteiger partial charge in [-0.05, 0) is 55.2 Å². The van der Waals surface area contributed by atoms with E-state index in [4.69, 9.17) is 0 Å². The van der Waals surface area contributed by atoms with Gasteiger partial charge < -0.3 is 5.32 Å². The number of hydrogen-bond donors (Lipinski definition) is 1. The first-order valence-electron chi connectivity index (χ1n) is 7.09. The van der Waals surface area contributed by atoms with Gasteiger partial charge >= 0.3 is 0 Å². The number of hydrogen-bond acceptors (Lipinski definition) is 2. The van der Waals surface area contributed by atoms with Crippen LogP contribution in [0.25, 0.3) is 0 Å². The minimum atomic E-state index is -0.477. The Morgan fingerprint density at radius 3 is 2.38 bits per heavy atom. The zero-order valence-electron chi connectivity index (χ0n) is 11.8. The molecular weight excluding hydrogens is 267 g/mol. The summed E-state index contributed by atoms with van der Waals surface area (Å²) in [6.07, 6.45) is 5.05. The van der Waals surface area contributed by atoms with Gasteiger partial charge in [0.05, 0.1) is 11.5 Å². The summed E-state index contributed by atoms with van der Waals surface area (Å²) in [5.74, 6) is -0.265. The number of aromatic nitrogens is 1. The molecule has 1 amide bonds. The molecule has 1 saturated carbocycles. The number of benzene rings is 1. The average Bonchev–Trinajstić information content (AvgIpc) is 3.30. The highest BCUT2D eigenvalue weighted by atomic mass is 19.1. The number of pyridine rings is 1. The lowest BCUT2D eigenvalue weighted by molar-refractivity contribution is -0.124. The van der Waals surface area contributed by atoms with Crippen LogP contribution < -0.4 is 5.32 Å². The van der Waals surface area contributed by atoms with E-state index in [0.717, 1.165) is 24.0 Å². The standard InChI is InChI=1S/C17H17FN2O/c1-12(13-6-10-19-11-7-13)20-16(21)17(8-9-17)14-2-4-15(18)5-3-14/h2-7,10-12H,8-9H2,1H3,(H,20,21). The predicted octanol–water partition coefficient (Wildman–Crippen LogP) is 3.13. The monoisotopic (exact) mass is 284 g/mol. The number of carbonyl (C=O) groups excluding carboxylic acids is 1. The van der Waals surface area contributed by atoms with Crippen molar-refractivity contribution in [1.82, 2.24) is 10.3 Å². The van der Waals surface area contributed by atoms with Crippen LogP contribution >= 0.6 is 0 Å². The normalized spacial score (nSPS) is 17.0. The maximum Gasteiger partial charge on any atom is 0.231 e. The minimum absolute atomic E-state index is 0.0124. The van der Waals surface area contributed by atoms with Crippen molar-refractivity contribution in [2.75, 3.05) is 0 Å². The number of nitrogens with one attached hydrogen (secondary N) is 1. The van der Waals surface area contributed by atoms with Gasteiger partial charge in [-0.25, -0.2) is 4.39 Å². The lowest BCUT2D eigenvalue weighted by atomic mass is 9.94. The number of amides is 1. The Morgan fingerprint density at radius 2 is 1.81 bits per heavy atom. The van der Waals surface area contributed by atoms with E-state index in [2.05, 4.69) is 10.3 Å². The van der Waals surface area contributed by atoms with Crippen LogP contribution in [0.2, 0.25) is 0 Å². The third-order valence-corrected chi connectivity index (χ3v) is 4.14. The molecular formula is C17H17FN2O. The first kappa shape index (κ1) is 13.7. The molecule has 1 aliphatic carbocycles. The van der Waals surface area contributed by atoms with E-state index in [9.17, 15) is 9.18 Å². The van der Waals surface area contributed by atoms with Crippen molar-refractivity contribution >= 4 is 5.91 Å². The van der Waals surface area contributed by atoms with Crippen molar-refractivity contribution in [2.45, 2.75) is 31.2 Å². The van der Waals surface area contributed by atoms with Gasteiger partial charge in [0.25, 0.3) is 0 Å². The topological polar surface area (TPSA) is 42.0 Å². The highest BCUT2D eigenvalue weighted by Gasteiger charge is 2.51. The van der Waals surface area contributed by atoms with Crippen molar-refractivity contribution in [2.24, 2.45) is 0 Å². The van der Waals surface area contributed by atoms with Gasteiger partial charge in [0.1, 0.15) is 5.82 Å². The molecule has 1 heterocycles. The Hall–Kier alpha value is -2.23. The zero-order valence-corrected chi connectivity index (χ0v) is 11.8. The largest absolute Gasteiger partial charge is 0.349 e. The molecule has 0 aliphatic heterocycles. The molecule has 0 spiro atoms. The van der Waals surface area contributed by atoms with Crippen LogP contribution in [0, 0.1) is 5.82 Å². The molecule has 1 unspecified atom stereocenters. The molecule has 3 nitrogen and oxygen atoms in total. The van der Waals surface area contributed by atoms with Crippen LogP contribution in [-0.4, -0.2) is 10.9 Å². The van der Waals surface area contributed by atoms with Gasteiger partial charge in [-0.3, -0.25) is 9.78 Å². The molecule has 0 bridgehead atoms. The van der Waals surface area contributed by atoms with Crippen molar-refractivity contribution in [3.63, 3.8) is 0 Å². The number of carbonyl (C=O) groups is 1. The highest BCUT2D eigenvalue weighted by molar-refractivity contribution is 5.91. The maximum atomic E-state index is 13.0. The van der Waals surface area contributed by atoms with Crippen molar-refractivity contribution < 1.29 is 9.18 Å². The highest BCUT2D eigenvalue weighted by Crippen LogP contribution is 2.48. The van der Waals surface area contributed by atoms with Crippen LogP contribution in [0.15, 0.2) is 48.8 Å². The molecule has 1 atom stereocenters. The van der Waals surface area contributed by atoms with Gasteiger partial charge in [-0.15, -0.1) is 0 Å². The number of halogens is 1. The summed E-state index contributed by atoms with van der Waals surface area (Å²) in [7, 11) is 0. The van der Waals surface area contributed by atoms with Crippen molar-refractivity contribution in [3.05, 3.63) is 65.7 Å². The van der Waals surface area contributed by atoms with Crippen molar-refractivity contribution in [3.8, 4) is 0 Å². The second-order valence-electron chi connectivity index (χ2n) is 5.56. The summed E-state index contributed by atoms with van der Waals surface area (Å²) in [6, 6.07) is 9.95. The van der Waals surface area contributed by atoms with E-state index in [1.807, 2.05) is 19.1 Å². The molecule has 21 heavy (non-hydrogen) atoms. The average molecular weight is 284 g/mol. The van der Waals surface area contributed by atoms with Crippen LogP contribution in [0.1, 0.15) is 36.9 Å². The molecule has 0 radical (unpaired) electrons. The molecule has 1 aliphatic rings. The fourth-order valence-corrected chi connectivity index (χ4v) is 2.61. The summed E-state index contributed by atoms with van der Waals surface area (Å²) in [6.45, 7) is 1.95. The first-order valence-corrected chi connectivity index (χ1v) is 7.09. The summed E-state index contributed by atoms with van der Waals surface area (Å²) < 4.78 is 13.0. The molecule has 3 rings (SSSR count). The van der Waals surface area contributed by atoms with E-state index in [1.165, 1.54) is 12.1 Å². The third-order valence-electron chi connectivity index (χ3n) is 4.14. The summed E-state index contributed by atoms with van der Waals surface area (Å²) in [5.41, 5.74) is 1.44. The lowest BCUT2D eigenvalue weighted by Gasteiger charge is -2.20. The third kappa shape index (κ3) is 2.66. The molecule has 1 fully saturated rings. The Balaban J connectivity index is 1.75. The SMILES string of the molecule is CC(NC(=O)C1(c2ccc(F)cc2)CC1)c1ccncc1. The number of rotatable bonds is 4. The van der Waals surface area contributed by atoms with E-state index in [0.29, 0.717) is 0 Å². The van der Waals surface area contributed by atoms with Gasteiger partial charge in [0, 0.05) is 12.4 Å². The Kier molecular flexibility index (Phi) is 3.45. The fourth-order valence-electron chi connectivity index (χ4n) is 2.61. The van der Waals surface area contributed by atoms with Gasteiger partial charge in [0.15, 0.2) is 0 Å². The van der Waals surface area contributed by atoms with E-state index < -0.39 is 5.41 Å². The van der Waals surface area contributed by atoms with Crippen LogP contribution in [-0.2, 0) is 10.2 Å². The zero-order chi connectivity index (χ0) is 14.9. The molecule has 1 aromatic heterocycles. The van der Waals surface area contributed by atoms with Gasteiger partial charge in [-0.2, -0.15) is 0 Å². The predicted molar refractivity (Wildman–Crippen MR) is 78.1 cm³/mol. The maximum absolute atomic E-state index is 13.0. The Bertz CT molecular complexity index is 636. The molecule has 1 aromatic carbocycles. The Labute approximate surface area is 123 Å². The second-order valence-corrected chi connectivity index (χ2v) is 5.56. The molecule has 108 valence electrons. The lowest BCUT2D eigenvalue weighted by Crippen LogP contribution is -2.36. The van der Waals surface area contributed by atoms with Gasteiger partial charge in [-0.1, -0.05) is 12.1 Å². The second kappa shape index (κ2) is 5.28. The quantitative estimate of drug-likeness (QED) is 0.937. The molecule has 4 heteroatoms. The van der Waals surface area contributed by atoms with E-state index in [1.54, 1.807) is 24.5 Å².